The van der Waals surface area contributed by atoms with Gasteiger partial charge in [-0.3, -0.25) is 10.1 Å². The maximum atomic E-state index is 8.93. The Morgan fingerprint density at radius 3 is 3.00 bits per heavy atom. The molecule has 1 aromatic carbocycles. The van der Waals surface area contributed by atoms with Crippen LogP contribution in [0.25, 0.3) is 22.3 Å². The van der Waals surface area contributed by atoms with Crippen LogP contribution in [-0.2, 0) is 6.61 Å². The Labute approximate surface area is 97.2 Å². The third-order valence-corrected chi connectivity index (χ3v) is 2.54. The smallest absolute Gasteiger partial charge is 0.181 e. The van der Waals surface area contributed by atoms with Crippen LogP contribution in [0.2, 0.25) is 0 Å². The van der Waals surface area contributed by atoms with Gasteiger partial charge in [-0.15, -0.1) is 0 Å². The molecule has 17 heavy (non-hydrogen) atoms. The van der Waals surface area contributed by atoms with Gasteiger partial charge in [0, 0.05) is 17.1 Å². The number of fused-ring (bicyclic) bond motifs is 1. The van der Waals surface area contributed by atoms with Crippen molar-refractivity contribution in [1.82, 2.24) is 20.2 Å². The van der Waals surface area contributed by atoms with Crippen LogP contribution in [0, 0.1) is 0 Å². The first-order valence-electron chi connectivity index (χ1n) is 5.24. The molecule has 0 spiro atoms. The summed E-state index contributed by atoms with van der Waals surface area (Å²) >= 11 is 0. The highest BCUT2D eigenvalue weighted by Gasteiger charge is 2.05. The first-order valence-corrected chi connectivity index (χ1v) is 5.24. The second-order valence-corrected chi connectivity index (χ2v) is 3.67. The van der Waals surface area contributed by atoms with Crippen molar-refractivity contribution in [3.63, 3.8) is 0 Å². The molecular formula is C12H10N4O. The van der Waals surface area contributed by atoms with E-state index in [0.717, 1.165) is 16.5 Å². The number of hydrogen-bond donors (Lipinski definition) is 2. The standard InChI is InChI=1S/C12H10N4O/c17-7-11-14-12(16-15-11)9-3-4-10-8(6-9)2-1-5-13-10/h1-6,17H,7H2,(H,14,15,16). The normalized spacial score (nSPS) is 10.9. The number of aliphatic hydroxyl groups excluding tert-OH is 1. The van der Waals surface area contributed by atoms with Crippen molar-refractivity contribution in [2.45, 2.75) is 6.61 Å². The summed E-state index contributed by atoms with van der Waals surface area (Å²) < 4.78 is 0. The van der Waals surface area contributed by atoms with Gasteiger partial charge in [0.2, 0.25) is 0 Å². The number of hydrogen-bond acceptors (Lipinski definition) is 4. The Kier molecular flexibility index (Phi) is 2.31. The predicted molar refractivity (Wildman–Crippen MR) is 63.0 cm³/mol. The molecule has 0 aliphatic heterocycles. The maximum absolute atomic E-state index is 8.93. The lowest BCUT2D eigenvalue weighted by atomic mass is 10.1. The van der Waals surface area contributed by atoms with E-state index in [2.05, 4.69) is 20.2 Å². The van der Waals surface area contributed by atoms with Gasteiger partial charge in [0.05, 0.1) is 5.52 Å². The average molecular weight is 226 g/mol. The van der Waals surface area contributed by atoms with Crippen molar-refractivity contribution in [2.24, 2.45) is 0 Å². The van der Waals surface area contributed by atoms with Gasteiger partial charge in [-0.05, 0) is 24.3 Å². The first-order chi connectivity index (χ1) is 8.36. The van der Waals surface area contributed by atoms with Crippen molar-refractivity contribution in [3.05, 3.63) is 42.4 Å². The second-order valence-electron chi connectivity index (χ2n) is 3.67. The molecule has 0 saturated carbocycles. The van der Waals surface area contributed by atoms with E-state index in [-0.39, 0.29) is 6.61 Å². The third-order valence-electron chi connectivity index (χ3n) is 2.54. The highest BCUT2D eigenvalue weighted by atomic mass is 16.3. The van der Waals surface area contributed by atoms with Crippen LogP contribution in [0.3, 0.4) is 0 Å². The molecule has 3 aromatic rings. The number of benzene rings is 1. The SMILES string of the molecule is OCc1nc(-c2ccc3ncccc3c2)n[nH]1. The maximum Gasteiger partial charge on any atom is 0.181 e. The summed E-state index contributed by atoms with van der Waals surface area (Å²) in [4.78, 5) is 8.42. The quantitative estimate of drug-likeness (QED) is 0.694. The van der Waals surface area contributed by atoms with E-state index in [1.807, 2.05) is 30.3 Å². The molecule has 84 valence electrons. The largest absolute Gasteiger partial charge is 0.388 e. The van der Waals surface area contributed by atoms with Gasteiger partial charge in [-0.25, -0.2) is 4.98 Å². The topological polar surface area (TPSA) is 74.7 Å². The number of nitrogens with zero attached hydrogens (tertiary/aromatic N) is 3. The van der Waals surface area contributed by atoms with Gasteiger partial charge >= 0.3 is 0 Å². The molecule has 3 rings (SSSR count). The first kappa shape index (κ1) is 9.92. The zero-order valence-corrected chi connectivity index (χ0v) is 8.96. The van der Waals surface area contributed by atoms with Crippen LogP contribution < -0.4 is 0 Å². The molecule has 0 bridgehead atoms. The van der Waals surface area contributed by atoms with Gasteiger partial charge in [0.25, 0.3) is 0 Å². The Bertz CT molecular complexity index is 662. The Morgan fingerprint density at radius 2 is 2.18 bits per heavy atom. The van der Waals surface area contributed by atoms with E-state index in [1.165, 1.54) is 0 Å². The summed E-state index contributed by atoms with van der Waals surface area (Å²) in [6, 6.07) is 9.71. The van der Waals surface area contributed by atoms with E-state index in [4.69, 9.17) is 5.11 Å². The third kappa shape index (κ3) is 1.76. The summed E-state index contributed by atoms with van der Waals surface area (Å²) in [5, 5.41) is 16.7. The van der Waals surface area contributed by atoms with E-state index >= 15 is 0 Å². The van der Waals surface area contributed by atoms with Gasteiger partial charge in [-0.2, -0.15) is 5.10 Å². The lowest BCUT2D eigenvalue weighted by molar-refractivity contribution is 0.272. The summed E-state index contributed by atoms with van der Waals surface area (Å²) in [5.41, 5.74) is 1.84. The van der Waals surface area contributed by atoms with Crippen LogP contribution in [-0.4, -0.2) is 25.3 Å². The molecule has 2 N–H and O–H groups in total. The van der Waals surface area contributed by atoms with E-state index in [0.29, 0.717) is 11.6 Å². The van der Waals surface area contributed by atoms with Gasteiger partial charge in [0.1, 0.15) is 6.61 Å². The molecule has 5 heteroatoms. The number of pyridine rings is 1. The van der Waals surface area contributed by atoms with Crippen molar-refractivity contribution < 1.29 is 5.11 Å². The van der Waals surface area contributed by atoms with E-state index in [1.54, 1.807) is 6.20 Å². The van der Waals surface area contributed by atoms with Crippen LogP contribution in [0.15, 0.2) is 36.5 Å². The summed E-state index contributed by atoms with van der Waals surface area (Å²) in [6.45, 7) is -0.137. The zero-order chi connectivity index (χ0) is 11.7. The fourth-order valence-corrected chi connectivity index (χ4v) is 1.71. The summed E-state index contributed by atoms with van der Waals surface area (Å²) in [6.07, 6.45) is 1.76. The van der Waals surface area contributed by atoms with Crippen molar-refractivity contribution >= 4 is 10.9 Å². The minimum atomic E-state index is -0.137. The molecule has 2 aromatic heterocycles. The number of aliphatic hydroxyl groups is 1. The number of nitrogens with one attached hydrogen (secondary N) is 1. The van der Waals surface area contributed by atoms with Crippen LogP contribution in [0.1, 0.15) is 5.82 Å². The number of aromatic nitrogens is 4. The number of H-pyrrole nitrogens is 1. The molecule has 5 nitrogen and oxygen atoms in total. The van der Waals surface area contributed by atoms with Crippen molar-refractivity contribution in [2.75, 3.05) is 0 Å². The molecule has 0 aliphatic carbocycles. The van der Waals surface area contributed by atoms with Crippen molar-refractivity contribution in [3.8, 4) is 11.4 Å². The molecule has 0 fully saturated rings. The molecule has 0 aliphatic rings. The molecule has 0 saturated heterocycles. The summed E-state index contributed by atoms with van der Waals surface area (Å²) in [5.74, 6) is 1.05. The summed E-state index contributed by atoms with van der Waals surface area (Å²) in [7, 11) is 0. The number of aromatic amines is 1. The van der Waals surface area contributed by atoms with Crippen LogP contribution in [0.5, 0.6) is 0 Å². The lowest BCUT2D eigenvalue weighted by Gasteiger charge is -1.98. The van der Waals surface area contributed by atoms with Crippen molar-refractivity contribution in [1.29, 1.82) is 0 Å². The van der Waals surface area contributed by atoms with Crippen LogP contribution >= 0.6 is 0 Å². The minimum Gasteiger partial charge on any atom is -0.388 e. The lowest BCUT2D eigenvalue weighted by Crippen LogP contribution is -1.85. The van der Waals surface area contributed by atoms with Gasteiger partial charge in [-0.1, -0.05) is 6.07 Å². The molecule has 0 radical (unpaired) electrons. The van der Waals surface area contributed by atoms with Gasteiger partial charge < -0.3 is 5.11 Å². The molecule has 2 heterocycles. The zero-order valence-electron chi connectivity index (χ0n) is 8.96. The Hall–Kier alpha value is -2.27. The molecule has 0 atom stereocenters. The predicted octanol–water partition coefficient (Wildman–Crippen LogP) is 1.51. The highest BCUT2D eigenvalue weighted by Crippen LogP contribution is 2.20. The molecular weight excluding hydrogens is 216 g/mol. The molecule has 0 unspecified atom stereocenters. The Morgan fingerprint density at radius 1 is 1.24 bits per heavy atom. The number of rotatable bonds is 2. The Balaban J connectivity index is 2.11. The molecule has 0 amide bonds. The van der Waals surface area contributed by atoms with E-state index < -0.39 is 0 Å². The average Bonchev–Trinajstić information content (AvgIpc) is 2.87. The minimum absolute atomic E-state index is 0.137. The highest BCUT2D eigenvalue weighted by molar-refractivity contribution is 5.82. The fraction of sp³-hybridized carbons (Fsp3) is 0.0833. The second kappa shape index (κ2) is 3.95. The monoisotopic (exact) mass is 226 g/mol. The van der Waals surface area contributed by atoms with Gasteiger partial charge in [0.15, 0.2) is 11.6 Å². The fourth-order valence-electron chi connectivity index (χ4n) is 1.71. The van der Waals surface area contributed by atoms with Crippen LogP contribution in [0.4, 0.5) is 0 Å². The van der Waals surface area contributed by atoms with E-state index in [9.17, 15) is 0 Å².